The third-order valence-corrected chi connectivity index (χ3v) is 2.81. The molecule has 2 heteroatoms. The highest BCUT2D eigenvalue weighted by atomic mass is 16.3. The molecule has 0 aromatic heterocycles. The molecule has 0 aromatic rings. The van der Waals surface area contributed by atoms with Crippen LogP contribution in [-0.4, -0.2) is 16.6 Å². The Labute approximate surface area is 92.6 Å². The van der Waals surface area contributed by atoms with Crippen LogP contribution in [0.5, 0.6) is 0 Å². The average Bonchev–Trinajstić information content (AvgIpc) is 2.47. The minimum atomic E-state index is 0.296. The molecule has 2 nitrogen and oxygen atoms in total. The molecule has 0 aromatic carbocycles. The first-order valence-electron chi connectivity index (χ1n) is 5.61. The van der Waals surface area contributed by atoms with E-state index < -0.39 is 0 Å². The first kappa shape index (κ1) is 11.9. The molecule has 1 aliphatic rings. The summed E-state index contributed by atoms with van der Waals surface area (Å²) >= 11 is 0. The van der Waals surface area contributed by atoms with E-state index >= 15 is 0 Å². The Morgan fingerprint density at radius 2 is 1.73 bits per heavy atom. The van der Waals surface area contributed by atoms with Gasteiger partial charge >= 0.3 is 0 Å². The summed E-state index contributed by atoms with van der Waals surface area (Å²) in [5, 5.41) is 8.91. The summed E-state index contributed by atoms with van der Waals surface area (Å²) in [7, 11) is 0. The number of allylic oxidation sites excluding steroid dienone is 3. The van der Waals surface area contributed by atoms with E-state index in [0.717, 1.165) is 45.1 Å². The number of hydrogen-bond acceptors (Lipinski definition) is 2. The van der Waals surface area contributed by atoms with E-state index in [1.165, 1.54) is 11.4 Å². The molecule has 0 unspecified atom stereocenters. The van der Waals surface area contributed by atoms with Crippen LogP contribution >= 0.6 is 0 Å². The second kappa shape index (κ2) is 5.64. The van der Waals surface area contributed by atoms with Crippen LogP contribution in [0.4, 0.5) is 0 Å². The van der Waals surface area contributed by atoms with Crippen molar-refractivity contribution in [1.82, 2.24) is 4.90 Å². The van der Waals surface area contributed by atoms with E-state index in [-0.39, 0.29) is 0 Å². The minimum Gasteiger partial charge on any atom is -0.513 e. The van der Waals surface area contributed by atoms with Crippen LogP contribution in [0.3, 0.4) is 0 Å². The Balaban J connectivity index is 2.12. The van der Waals surface area contributed by atoms with E-state index in [2.05, 4.69) is 24.6 Å². The van der Waals surface area contributed by atoms with Gasteiger partial charge in [0.05, 0.1) is 5.76 Å². The Bertz CT molecular complexity index is 252. The molecule has 1 saturated heterocycles. The van der Waals surface area contributed by atoms with Crippen molar-refractivity contribution in [3.05, 3.63) is 36.9 Å². The van der Waals surface area contributed by atoms with Crippen molar-refractivity contribution >= 4 is 0 Å². The van der Waals surface area contributed by atoms with Gasteiger partial charge in [0, 0.05) is 24.4 Å². The van der Waals surface area contributed by atoms with Gasteiger partial charge in [-0.05, 0) is 25.7 Å². The molecule has 15 heavy (non-hydrogen) atoms. The Kier molecular flexibility index (Phi) is 4.47. The molecule has 1 rings (SSSR count). The molecule has 0 bridgehead atoms. The second-order valence-corrected chi connectivity index (χ2v) is 4.16. The lowest BCUT2D eigenvalue weighted by Gasteiger charge is -2.20. The molecule has 0 spiro atoms. The maximum absolute atomic E-state index is 8.91. The third-order valence-electron chi connectivity index (χ3n) is 2.81. The second-order valence-electron chi connectivity index (χ2n) is 4.16. The predicted molar refractivity (Wildman–Crippen MR) is 64.5 cm³/mol. The standard InChI is InChI=1S/C13H21NO/c1-11-8-9-12(2)14(11)10-6-4-5-7-13(3)15/h15H,1-10H2. The Morgan fingerprint density at radius 3 is 2.27 bits per heavy atom. The van der Waals surface area contributed by atoms with Crippen LogP contribution in [-0.2, 0) is 0 Å². The molecule has 1 heterocycles. The van der Waals surface area contributed by atoms with Crippen LogP contribution in [0.1, 0.15) is 38.5 Å². The summed E-state index contributed by atoms with van der Waals surface area (Å²) in [5.41, 5.74) is 2.40. The maximum Gasteiger partial charge on any atom is 0.0851 e. The molecule has 0 radical (unpaired) electrons. The van der Waals surface area contributed by atoms with Crippen molar-refractivity contribution in [1.29, 1.82) is 0 Å². The molecule has 84 valence electrons. The number of likely N-dealkylation sites (tertiary alicyclic amines) is 1. The number of aliphatic hydroxyl groups excluding tert-OH is 1. The maximum atomic E-state index is 8.91. The smallest absolute Gasteiger partial charge is 0.0851 e. The number of nitrogens with zero attached hydrogens (tertiary/aromatic N) is 1. The summed E-state index contributed by atoms with van der Waals surface area (Å²) in [6.45, 7) is 12.5. The zero-order valence-electron chi connectivity index (χ0n) is 9.47. The summed E-state index contributed by atoms with van der Waals surface area (Å²) in [5.74, 6) is 0.296. The molecule has 1 aliphatic heterocycles. The average molecular weight is 207 g/mol. The van der Waals surface area contributed by atoms with Gasteiger partial charge in [-0.1, -0.05) is 26.2 Å². The first-order chi connectivity index (χ1) is 7.11. The van der Waals surface area contributed by atoms with Crippen molar-refractivity contribution in [2.24, 2.45) is 0 Å². The first-order valence-corrected chi connectivity index (χ1v) is 5.61. The summed E-state index contributed by atoms with van der Waals surface area (Å²) < 4.78 is 0. The third kappa shape index (κ3) is 3.82. The fourth-order valence-electron chi connectivity index (χ4n) is 1.87. The van der Waals surface area contributed by atoms with E-state index in [0.29, 0.717) is 5.76 Å². The Morgan fingerprint density at radius 1 is 1.13 bits per heavy atom. The van der Waals surface area contributed by atoms with Crippen molar-refractivity contribution in [3.8, 4) is 0 Å². The summed E-state index contributed by atoms with van der Waals surface area (Å²) in [4.78, 5) is 2.23. The Hall–Kier alpha value is -1.18. The molecular weight excluding hydrogens is 186 g/mol. The van der Waals surface area contributed by atoms with Gasteiger partial charge in [-0.2, -0.15) is 0 Å². The zero-order chi connectivity index (χ0) is 11.3. The monoisotopic (exact) mass is 207 g/mol. The van der Waals surface area contributed by atoms with Crippen LogP contribution in [0.25, 0.3) is 0 Å². The van der Waals surface area contributed by atoms with Crippen molar-refractivity contribution in [3.63, 3.8) is 0 Å². The van der Waals surface area contributed by atoms with Crippen LogP contribution in [0, 0.1) is 0 Å². The predicted octanol–water partition coefficient (Wildman–Crippen LogP) is 3.74. The fraction of sp³-hybridized carbons (Fsp3) is 0.538. The van der Waals surface area contributed by atoms with E-state index in [1.807, 2.05) is 0 Å². The van der Waals surface area contributed by atoms with Crippen molar-refractivity contribution < 1.29 is 5.11 Å². The van der Waals surface area contributed by atoms with Gasteiger partial charge in [0.1, 0.15) is 0 Å². The largest absolute Gasteiger partial charge is 0.513 e. The molecule has 1 fully saturated rings. The highest BCUT2D eigenvalue weighted by molar-refractivity contribution is 5.15. The number of rotatable bonds is 6. The van der Waals surface area contributed by atoms with Crippen LogP contribution < -0.4 is 0 Å². The molecular formula is C13H21NO. The van der Waals surface area contributed by atoms with E-state index in [9.17, 15) is 0 Å². The number of unbranched alkanes of at least 4 members (excludes halogenated alkanes) is 2. The highest BCUT2D eigenvalue weighted by Gasteiger charge is 2.17. The normalized spacial score (nSPS) is 16.1. The van der Waals surface area contributed by atoms with Crippen LogP contribution in [0.2, 0.25) is 0 Å². The SMILES string of the molecule is C=C(O)CCCCCN1C(=C)CCC1=C. The zero-order valence-corrected chi connectivity index (χ0v) is 9.47. The van der Waals surface area contributed by atoms with Gasteiger partial charge < -0.3 is 10.0 Å². The van der Waals surface area contributed by atoms with Gasteiger partial charge in [0.2, 0.25) is 0 Å². The molecule has 0 amide bonds. The topological polar surface area (TPSA) is 23.5 Å². The number of hydrogen-bond donors (Lipinski definition) is 1. The highest BCUT2D eigenvalue weighted by Crippen LogP contribution is 2.28. The molecule has 0 atom stereocenters. The van der Waals surface area contributed by atoms with Gasteiger partial charge in [-0.15, -0.1) is 0 Å². The van der Waals surface area contributed by atoms with Crippen LogP contribution in [0.15, 0.2) is 36.9 Å². The molecule has 0 saturated carbocycles. The molecule has 1 N–H and O–H groups in total. The quantitative estimate of drug-likeness (QED) is 0.529. The summed E-state index contributed by atoms with van der Waals surface area (Å²) in [6, 6.07) is 0. The van der Waals surface area contributed by atoms with Gasteiger partial charge in [0.25, 0.3) is 0 Å². The van der Waals surface area contributed by atoms with Gasteiger partial charge in [-0.25, -0.2) is 0 Å². The lowest BCUT2D eigenvalue weighted by Crippen LogP contribution is -2.16. The minimum absolute atomic E-state index is 0.296. The van der Waals surface area contributed by atoms with E-state index in [4.69, 9.17) is 5.11 Å². The molecule has 0 aliphatic carbocycles. The van der Waals surface area contributed by atoms with Crippen molar-refractivity contribution in [2.45, 2.75) is 38.5 Å². The van der Waals surface area contributed by atoms with E-state index in [1.54, 1.807) is 0 Å². The van der Waals surface area contributed by atoms with Crippen molar-refractivity contribution in [2.75, 3.05) is 6.54 Å². The summed E-state index contributed by atoms with van der Waals surface area (Å²) in [6.07, 6.45) is 6.12. The fourth-order valence-corrected chi connectivity index (χ4v) is 1.87. The van der Waals surface area contributed by atoms with Gasteiger partial charge in [0.15, 0.2) is 0 Å². The number of aliphatic hydroxyl groups is 1. The lowest BCUT2D eigenvalue weighted by molar-refractivity contribution is 0.378. The van der Waals surface area contributed by atoms with Gasteiger partial charge in [-0.3, -0.25) is 0 Å². The lowest BCUT2D eigenvalue weighted by atomic mass is 10.1.